The van der Waals surface area contributed by atoms with E-state index in [1.54, 1.807) is 6.21 Å². The topological polar surface area (TPSA) is 22.1 Å². The molecule has 0 N–H and O–H groups in total. The van der Waals surface area contributed by atoms with Crippen LogP contribution >= 0.6 is 0 Å². The minimum absolute atomic E-state index is 0.956. The van der Waals surface area contributed by atoms with Gasteiger partial charge in [0.1, 0.15) is 0 Å². The van der Waals surface area contributed by atoms with Gasteiger partial charge in [0.2, 0.25) is 0 Å². The molecule has 4 heteroatoms. The molecule has 0 aromatic rings. The highest BCUT2D eigenvalue weighted by Gasteiger charge is 2.22. The minimum atomic E-state index is 0.956. The number of hydrogen-bond donors (Lipinski definition) is 0. The largest absolute Gasteiger partial charge is 0.295 e. The van der Waals surface area contributed by atoms with Gasteiger partial charge in [-0.2, -0.15) is 0 Å². The van der Waals surface area contributed by atoms with Crippen LogP contribution in [0.15, 0.2) is 29.3 Å². The molecule has 0 saturated carbocycles. The maximum Gasteiger partial charge on any atom is 0.166 e. The van der Waals surface area contributed by atoms with Crippen LogP contribution in [0.3, 0.4) is 0 Å². The Balaban J connectivity index is 2.32. The molecule has 0 aliphatic carbocycles. The van der Waals surface area contributed by atoms with Crippen molar-refractivity contribution in [3.8, 4) is 0 Å². The van der Waals surface area contributed by atoms with Crippen molar-refractivity contribution in [2.75, 3.05) is 14.1 Å². The fourth-order valence-electron chi connectivity index (χ4n) is 1.11. The molecule has 58 valence electrons. The summed E-state index contributed by atoms with van der Waals surface area (Å²) >= 11 is 0. The van der Waals surface area contributed by atoms with Crippen LogP contribution in [0.2, 0.25) is 0 Å². The Labute approximate surface area is 65.7 Å². The van der Waals surface area contributed by atoms with Crippen molar-refractivity contribution in [1.29, 1.82) is 0 Å². The standard InChI is InChI=1S/C7H10N4/c1-9-6-7-8-4-3-5-11(7)10(9)2/h3-6H,1-2H3. The van der Waals surface area contributed by atoms with E-state index in [0.717, 1.165) is 5.82 Å². The van der Waals surface area contributed by atoms with Crippen LogP contribution in [0.1, 0.15) is 0 Å². The van der Waals surface area contributed by atoms with E-state index in [-0.39, 0.29) is 0 Å². The van der Waals surface area contributed by atoms with E-state index in [4.69, 9.17) is 0 Å². The first-order chi connectivity index (χ1) is 5.29. The highest BCUT2D eigenvalue weighted by Crippen LogP contribution is 2.20. The molecule has 0 saturated heterocycles. The number of allylic oxidation sites excluding steroid dienone is 1. The van der Waals surface area contributed by atoms with Crippen LogP contribution in [0.25, 0.3) is 0 Å². The number of rotatable bonds is 0. The van der Waals surface area contributed by atoms with Gasteiger partial charge in [-0.25, -0.2) is 10.0 Å². The minimum Gasteiger partial charge on any atom is -0.295 e. The molecule has 0 radical (unpaired) electrons. The maximum atomic E-state index is 4.18. The van der Waals surface area contributed by atoms with Crippen molar-refractivity contribution >= 4 is 6.21 Å². The average Bonchev–Trinajstić information content (AvgIpc) is 2.30. The zero-order valence-electron chi connectivity index (χ0n) is 6.60. The molecular weight excluding hydrogens is 140 g/mol. The lowest BCUT2D eigenvalue weighted by Gasteiger charge is -2.28. The van der Waals surface area contributed by atoms with Crippen LogP contribution in [-0.4, -0.2) is 35.4 Å². The van der Waals surface area contributed by atoms with Gasteiger partial charge in [0.05, 0.1) is 6.20 Å². The molecule has 0 atom stereocenters. The summed E-state index contributed by atoms with van der Waals surface area (Å²) in [5.74, 6) is 0.956. The Morgan fingerprint density at radius 2 is 2.18 bits per heavy atom. The van der Waals surface area contributed by atoms with Crippen molar-refractivity contribution < 1.29 is 0 Å². The lowest BCUT2D eigenvalue weighted by molar-refractivity contribution is -0.0441. The second-order valence-corrected chi connectivity index (χ2v) is 2.51. The Morgan fingerprint density at radius 1 is 1.36 bits per heavy atom. The third-order valence-corrected chi connectivity index (χ3v) is 1.83. The van der Waals surface area contributed by atoms with E-state index in [1.165, 1.54) is 0 Å². The van der Waals surface area contributed by atoms with E-state index in [2.05, 4.69) is 4.99 Å². The molecule has 2 aliphatic rings. The predicted molar refractivity (Wildman–Crippen MR) is 43.1 cm³/mol. The zero-order valence-corrected chi connectivity index (χ0v) is 6.60. The Hall–Kier alpha value is -1.29. The number of hydrogen-bond acceptors (Lipinski definition) is 4. The van der Waals surface area contributed by atoms with E-state index >= 15 is 0 Å². The smallest absolute Gasteiger partial charge is 0.166 e. The van der Waals surface area contributed by atoms with E-state index < -0.39 is 0 Å². The zero-order chi connectivity index (χ0) is 7.84. The van der Waals surface area contributed by atoms with Gasteiger partial charge in [0.25, 0.3) is 0 Å². The molecule has 11 heavy (non-hydrogen) atoms. The summed E-state index contributed by atoms with van der Waals surface area (Å²) < 4.78 is 0. The van der Waals surface area contributed by atoms with E-state index in [0.29, 0.717) is 0 Å². The van der Waals surface area contributed by atoms with Gasteiger partial charge in [0, 0.05) is 26.5 Å². The van der Waals surface area contributed by atoms with Gasteiger partial charge in [-0.05, 0) is 6.08 Å². The molecule has 2 heterocycles. The van der Waals surface area contributed by atoms with Gasteiger partial charge in [0.15, 0.2) is 5.82 Å². The van der Waals surface area contributed by atoms with Gasteiger partial charge in [-0.3, -0.25) is 5.01 Å². The highest BCUT2D eigenvalue weighted by atomic mass is 15.9. The van der Waals surface area contributed by atoms with E-state index in [1.807, 2.05) is 47.7 Å². The average molecular weight is 150 g/mol. The molecule has 0 aromatic carbocycles. The fourth-order valence-corrected chi connectivity index (χ4v) is 1.11. The van der Waals surface area contributed by atoms with Crippen LogP contribution in [0.5, 0.6) is 0 Å². The molecular formula is C7H10N4. The van der Waals surface area contributed by atoms with Crippen molar-refractivity contribution in [3.63, 3.8) is 0 Å². The third-order valence-electron chi connectivity index (χ3n) is 1.83. The normalized spacial score (nSPS) is 22.5. The molecule has 0 spiro atoms. The first kappa shape index (κ1) is 6.42. The summed E-state index contributed by atoms with van der Waals surface area (Å²) in [5, 5.41) is 5.92. The quantitative estimate of drug-likeness (QED) is 0.499. The Kier molecular flexibility index (Phi) is 1.22. The van der Waals surface area contributed by atoms with Crippen LogP contribution in [-0.2, 0) is 0 Å². The summed E-state index contributed by atoms with van der Waals surface area (Å²) in [4.78, 5) is 4.18. The molecule has 2 rings (SSSR count). The lowest BCUT2D eigenvalue weighted by Crippen LogP contribution is -2.37. The number of aliphatic imine (C=N–C) groups is 1. The van der Waals surface area contributed by atoms with E-state index in [9.17, 15) is 0 Å². The Morgan fingerprint density at radius 3 is 2.91 bits per heavy atom. The first-order valence-electron chi connectivity index (χ1n) is 3.47. The summed E-state index contributed by atoms with van der Waals surface area (Å²) in [6.45, 7) is 0. The SMILES string of the molecule is CN1C=C2N=CC=CN2N1C. The van der Waals surface area contributed by atoms with Gasteiger partial charge < -0.3 is 0 Å². The molecule has 2 aliphatic heterocycles. The molecule has 0 amide bonds. The highest BCUT2D eigenvalue weighted by molar-refractivity contribution is 5.73. The van der Waals surface area contributed by atoms with Gasteiger partial charge in [-0.15, -0.1) is 5.12 Å². The summed E-state index contributed by atoms with van der Waals surface area (Å²) in [6, 6.07) is 0. The maximum absolute atomic E-state index is 4.18. The Bertz CT molecular complexity index is 253. The van der Waals surface area contributed by atoms with Crippen molar-refractivity contribution in [2.24, 2.45) is 4.99 Å². The second kappa shape index (κ2) is 2.10. The van der Waals surface area contributed by atoms with Gasteiger partial charge >= 0.3 is 0 Å². The predicted octanol–water partition coefficient (Wildman–Crippen LogP) is 0.393. The number of hydrazine groups is 2. The molecule has 0 fully saturated rings. The first-order valence-corrected chi connectivity index (χ1v) is 3.47. The number of fused-ring (bicyclic) bond motifs is 1. The molecule has 0 aromatic heterocycles. The number of nitrogens with zero attached hydrogens (tertiary/aromatic N) is 4. The summed E-state index contributed by atoms with van der Waals surface area (Å²) in [6.07, 6.45) is 7.64. The molecule has 0 bridgehead atoms. The molecule has 0 unspecified atom stereocenters. The van der Waals surface area contributed by atoms with Gasteiger partial charge in [-0.1, -0.05) is 0 Å². The lowest BCUT2D eigenvalue weighted by atomic mass is 10.5. The molecule has 4 nitrogen and oxygen atoms in total. The van der Waals surface area contributed by atoms with Crippen molar-refractivity contribution in [3.05, 3.63) is 24.3 Å². The van der Waals surface area contributed by atoms with Crippen molar-refractivity contribution in [2.45, 2.75) is 0 Å². The van der Waals surface area contributed by atoms with Crippen LogP contribution in [0.4, 0.5) is 0 Å². The summed E-state index contributed by atoms with van der Waals surface area (Å²) in [5.41, 5.74) is 0. The second-order valence-electron chi connectivity index (χ2n) is 2.51. The van der Waals surface area contributed by atoms with Crippen LogP contribution < -0.4 is 0 Å². The fraction of sp³-hybridized carbons (Fsp3) is 0.286. The van der Waals surface area contributed by atoms with Crippen molar-refractivity contribution in [1.82, 2.24) is 15.1 Å². The van der Waals surface area contributed by atoms with Crippen LogP contribution in [0, 0.1) is 0 Å². The summed E-state index contributed by atoms with van der Waals surface area (Å²) in [7, 11) is 3.96. The monoisotopic (exact) mass is 150 g/mol. The third kappa shape index (κ3) is 0.832.